The van der Waals surface area contributed by atoms with Crippen molar-refractivity contribution in [3.63, 3.8) is 0 Å². The van der Waals surface area contributed by atoms with Gasteiger partial charge in [0.05, 0.1) is 11.1 Å². The van der Waals surface area contributed by atoms with E-state index in [2.05, 4.69) is 9.97 Å². The van der Waals surface area contributed by atoms with Gasteiger partial charge in [-0.2, -0.15) is 13.2 Å². The van der Waals surface area contributed by atoms with Gasteiger partial charge < -0.3 is 4.98 Å². The van der Waals surface area contributed by atoms with Crippen LogP contribution in [0.5, 0.6) is 0 Å². The molecule has 2 nitrogen and oxygen atoms in total. The minimum atomic E-state index is -4.36. The second kappa shape index (κ2) is 3.51. The summed E-state index contributed by atoms with van der Waals surface area (Å²) in [5, 5.41) is 0.0854. The van der Waals surface area contributed by atoms with E-state index in [4.69, 9.17) is 11.6 Å². The molecule has 0 bridgehead atoms. The number of hydrogen-bond donors (Lipinski definition) is 1. The molecule has 1 heterocycles. The number of aromatic nitrogens is 2. The molecule has 0 saturated carbocycles. The van der Waals surface area contributed by atoms with Crippen LogP contribution >= 0.6 is 34.2 Å². The summed E-state index contributed by atoms with van der Waals surface area (Å²) in [6.45, 7) is 0. The van der Waals surface area contributed by atoms with Gasteiger partial charge >= 0.3 is 6.18 Å². The Labute approximate surface area is 101 Å². The number of hydrogen-bond acceptors (Lipinski definition) is 1. The summed E-state index contributed by atoms with van der Waals surface area (Å²) < 4.78 is 37.7. The Bertz CT molecular complexity index is 520. The average Bonchev–Trinajstić information content (AvgIpc) is 2.44. The summed E-state index contributed by atoms with van der Waals surface area (Å²) in [4.78, 5) is 6.43. The van der Waals surface area contributed by atoms with Crippen LogP contribution in [0.15, 0.2) is 12.1 Å². The van der Waals surface area contributed by atoms with Gasteiger partial charge in [0, 0.05) is 3.57 Å². The molecule has 0 saturated heterocycles. The van der Waals surface area contributed by atoms with Crippen molar-refractivity contribution in [3.05, 3.63) is 26.5 Å². The molecule has 1 aromatic carbocycles. The summed E-state index contributed by atoms with van der Waals surface area (Å²) in [6.07, 6.45) is -4.36. The molecule has 0 amide bonds. The Balaban J connectivity index is 2.72. The Morgan fingerprint density at radius 1 is 1.33 bits per heavy atom. The first-order valence-electron chi connectivity index (χ1n) is 3.80. The van der Waals surface area contributed by atoms with Crippen LogP contribution in [0.1, 0.15) is 5.56 Å². The largest absolute Gasteiger partial charge is 0.416 e. The van der Waals surface area contributed by atoms with Crippen LogP contribution in [0, 0.1) is 3.57 Å². The van der Waals surface area contributed by atoms with E-state index in [9.17, 15) is 13.2 Å². The number of nitrogens with zero attached hydrogens (tertiary/aromatic N) is 1. The Morgan fingerprint density at radius 2 is 2.00 bits per heavy atom. The van der Waals surface area contributed by atoms with Crippen LogP contribution in [0.25, 0.3) is 11.0 Å². The molecule has 1 N–H and O–H groups in total. The fourth-order valence-corrected chi connectivity index (χ4v) is 2.14. The predicted octanol–water partition coefficient (Wildman–Crippen LogP) is 3.84. The number of halogens is 5. The van der Waals surface area contributed by atoms with Crippen molar-refractivity contribution < 1.29 is 13.2 Å². The summed E-state index contributed by atoms with van der Waals surface area (Å²) >= 11 is 7.37. The molecule has 0 spiro atoms. The van der Waals surface area contributed by atoms with Gasteiger partial charge in [-0.25, -0.2) is 4.98 Å². The molecule has 0 atom stereocenters. The van der Waals surface area contributed by atoms with Gasteiger partial charge in [0.1, 0.15) is 5.52 Å². The molecule has 2 aromatic rings. The molecule has 0 fully saturated rings. The topological polar surface area (TPSA) is 28.7 Å². The molecule has 0 aliphatic heterocycles. The Kier molecular flexibility index (Phi) is 2.58. The molecular weight excluding hydrogens is 343 g/mol. The van der Waals surface area contributed by atoms with E-state index in [1.54, 1.807) is 22.6 Å². The van der Waals surface area contributed by atoms with Gasteiger partial charge in [0.25, 0.3) is 0 Å². The molecule has 0 radical (unpaired) electrons. The number of rotatable bonds is 0. The maximum Gasteiger partial charge on any atom is 0.416 e. The summed E-state index contributed by atoms with van der Waals surface area (Å²) in [5.74, 6) is 0. The first kappa shape index (κ1) is 11.0. The normalized spacial score (nSPS) is 12.3. The molecule has 0 aliphatic rings. The molecule has 1 aromatic heterocycles. The van der Waals surface area contributed by atoms with Crippen molar-refractivity contribution in [1.82, 2.24) is 9.97 Å². The first-order chi connectivity index (χ1) is 6.88. The number of fused-ring (bicyclic) bond motifs is 1. The Morgan fingerprint density at radius 3 is 2.60 bits per heavy atom. The third-order valence-electron chi connectivity index (χ3n) is 1.84. The maximum atomic E-state index is 12.4. The predicted molar refractivity (Wildman–Crippen MR) is 58.8 cm³/mol. The van der Waals surface area contributed by atoms with Crippen molar-refractivity contribution in [2.24, 2.45) is 0 Å². The van der Waals surface area contributed by atoms with E-state index in [1.807, 2.05) is 0 Å². The van der Waals surface area contributed by atoms with Crippen LogP contribution in [-0.2, 0) is 6.18 Å². The molecule has 7 heteroatoms. The van der Waals surface area contributed by atoms with Crippen molar-refractivity contribution in [3.8, 4) is 0 Å². The fraction of sp³-hybridized carbons (Fsp3) is 0.125. The van der Waals surface area contributed by atoms with Crippen LogP contribution in [0.2, 0.25) is 5.28 Å². The zero-order valence-corrected chi connectivity index (χ0v) is 9.91. The van der Waals surface area contributed by atoms with Crippen LogP contribution in [0.4, 0.5) is 13.2 Å². The van der Waals surface area contributed by atoms with E-state index < -0.39 is 11.7 Å². The fourth-order valence-electron chi connectivity index (χ4n) is 1.21. The monoisotopic (exact) mass is 346 g/mol. The lowest BCUT2D eigenvalue weighted by Crippen LogP contribution is -2.05. The number of nitrogens with one attached hydrogen (secondary N) is 1. The van der Waals surface area contributed by atoms with Gasteiger partial charge in [0.15, 0.2) is 0 Å². The first-order valence-corrected chi connectivity index (χ1v) is 5.25. The molecule has 0 unspecified atom stereocenters. The van der Waals surface area contributed by atoms with Crippen molar-refractivity contribution in [1.29, 1.82) is 0 Å². The minimum absolute atomic E-state index is 0.0854. The highest BCUT2D eigenvalue weighted by atomic mass is 127. The number of alkyl halides is 3. The SMILES string of the molecule is FC(F)(F)c1cc(I)c2nc(Cl)[nH]c2c1. The highest BCUT2D eigenvalue weighted by molar-refractivity contribution is 14.1. The lowest BCUT2D eigenvalue weighted by atomic mass is 10.2. The van der Waals surface area contributed by atoms with Gasteiger partial charge in [-0.15, -0.1) is 0 Å². The molecular formula is C8H3ClF3IN2. The average molecular weight is 346 g/mol. The van der Waals surface area contributed by atoms with Gasteiger partial charge in [-0.05, 0) is 46.3 Å². The third-order valence-corrected chi connectivity index (χ3v) is 2.84. The molecule has 2 rings (SSSR count). The number of aromatic amines is 1. The highest BCUT2D eigenvalue weighted by Crippen LogP contribution is 2.33. The summed E-state index contributed by atoms with van der Waals surface area (Å²) in [5.41, 5.74) is 0.0348. The second-order valence-corrected chi connectivity index (χ2v) is 4.40. The third kappa shape index (κ3) is 2.05. The van der Waals surface area contributed by atoms with E-state index in [-0.39, 0.29) is 5.28 Å². The van der Waals surface area contributed by atoms with E-state index in [0.717, 1.165) is 12.1 Å². The summed E-state index contributed by atoms with van der Waals surface area (Å²) in [7, 11) is 0. The van der Waals surface area contributed by atoms with Crippen molar-refractivity contribution in [2.45, 2.75) is 6.18 Å². The smallest absolute Gasteiger partial charge is 0.329 e. The lowest BCUT2D eigenvalue weighted by Gasteiger charge is -2.06. The molecule has 80 valence electrons. The number of imidazole rings is 1. The highest BCUT2D eigenvalue weighted by Gasteiger charge is 2.31. The number of benzene rings is 1. The number of H-pyrrole nitrogens is 1. The summed E-state index contributed by atoms with van der Waals surface area (Å²) in [6, 6.07) is 2.04. The van der Waals surface area contributed by atoms with Crippen LogP contribution in [-0.4, -0.2) is 9.97 Å². The van der Waals surface area contributed by atoms with E-state index in [1.165, 1.54) is 0 Å². The quantitative estimate of drug-likeness (QED) is 0.722. The van der Waals surface area contributed by atoms with Gasteiger partial charge in [-0.3, -0.25) is 0 Å². The molecule has 15 heavy (non-hydrogen) atoms. The standard InChI is InChI=1S/C8H3ClF3IN2/c9-7-14-5-2-3(8(10,11)12)1-4(13)6(5)15-7/h1-2H,(H,14,15). The second-order valence-electron chi connectivity index (χ2n) is 2.88. The zero-order chi connectivity index (χ0) is 11.2. The molecule has 0 aliphatic carbocycles. The van der Waals surface area contributed by atoms with Crippen LogP contribution in [0.3, 0.4) is 0 Å². The van der Waals surface area contributed by atoms with Gasteiger partial charge in [-0.1, -0.05) is 0 Å². The Hall–Kier alpha value is -0.500. The minimum Gasteiger partial charge on any atom is -0.329 e. The van der Waals surface area contributed by atoms with Crippen LogP contribution < -0.4 is 0 Å². The van der Waals surface area contributed by atoms with Crippen molar-refractivity contribution >= 4 is 45.2 Å². The van der Waals surface area contributed by atoms with E-state index in [0.29, 0.717) is 14.6 Å². The zero-order valence-electron chi connectivity index (χ0n) is 6.99. The van der Waals surface area contributed by atoms with E-state index >= 15 is 0 Å². The van der Waals surface area contributed by atoms with Crippen molar-refractivity contribution in [2.75, 3.05) is 0 Å². The van der Waals surface area contributed by atoms with Gasteiger partial charge in [0.2, 0.25) is 5.28 Å². The lowest BCUT2D eigenvalue weighted by molar-refractivity contribution is -0.137. The maximum absolute atomic E-state index is 12.4.